The number of para-hydroxylation sites is 1. The summed E-state index contributed by atoms with van der Waals surface area (Å²) in [6.07, 6.45) is 1.42. The Balaban J connectivity index is 1.56. The van der Waals surface area contributed by atoms with Crippen molar-refractivity contribution in [3.05, 3.63) is 63.9 Å². The van der Waals surface area contributed by atoms with Gasteiger partial charge in [0.25, 0.3) is 5.91 Å². The molecule has 0 fully saturated rings. The lowest BCUT2D eigenvalue weighted by molar-refractivity contribution is 0.0949. The van der Waals surface area contributed by atoms with Gasteiger partial charge in [0.15, 0.2) is 11.5 Å². The maximum atomic E-state index is 12.7. The van der Waals surface area contributed by atoms with Crippen molar-refractivity contribution in [2.45, 2.75) is 13.5 Å². The van der Waals surface area contributed by atoms with Gasteiger partial charge in [-0.25, -0.2) is 0 Å². The highest BCUT2D eigenvalue weighted by Crippen LogP contribution is 2.32. The predicted molar refractivity (Wildman–Crippen MR) is 99.5 cm³/mol. The molecule has 0 saturated carbocycles. The average Bonchev–Trinajstić information content (AvgIpc) is 3.15. The molecule has 2 aromatic carbocycles. The van der Waals surface area contributed by atoms with Crippen molar-refractivity contribution in [1.29, 1.82) is 0 Å². The normalized spacial score (nSPS) is 12.2. The van der Waals surface area contributed by atoms with E-state index in [2.05, 4.69) is 10.3 Å². The largest absolute Gasteiger partial charge is 0.492 e. The van der Waals surface area contributed by atoms with Crippen molar-refractivity contribution in [1.82, 2.24) is 10.3 Å². The molecule has 1 amide bonds. The van der Waals surface area contributed by atoms with Gasteiger partial charge in [-0.2, -0.15) is 0 Å². The molecule has 4 rings (SSSR count). The van der Waals surface area contributed by atoms with E-state index in [1.807, 2.05) is 19.1 Å². The summed E-state index contributed by atoms with van der Waals surface area (Å²) in [7, 11) is 0. The summed E-state index contributed by atoms with van der Waals surface area (Å²) in [6, 6.07) is 10.6. The quantitative estimate of drug-likeness (QED) is 0.724. The van der Waals surface area contributed by atoms with E-state index in [1.54, 1.807) is 24.3 Å². The second kappa shape index (κ2) is 7.03. The number of carbonyl (C=O) groups excluding carboxylic acids is 1. The fraction of sp³-hybridized carbons (Fsp3) is 0.200. The van der Waals surface area contributed by atoms with Crippen LogP contribution in [-0.2, 0) is 6.54 Å². The van der Waals surface area contributed by atoms with Gasteiger partial charge >= 0.3 is 0 Å². The van der Waals surface area contributed by atoms with Crippen LogP contribution in [0.2, 0.25) is 0 Å². The predicted octanol–water partition coefficient (Wildman–Crippen LogP) is 2.59. The van der Waals surface area contributed by atoms with E-state index in [-0.39, 0.29) is 24.3 Å². The van der Waals surface area contributed by atoms with Crippen molar-refractivity contribution in [2.24, 2.45) is 0 Å². The number of aromatic nitrogens is 1. The standard InChI is InChI=1S/C20H18N2O5/c1-2-25-16-5-3-4-13-18(16)21-10-14(19(13)23)20(24)22-9-12-6-7-15-17(8-12)27-11-26-15/h3-8,10H,2,9,11H2,1H3,(H,21,23)(H,22,24). The van der Waals surface area contributed by atoms with Gasteiger partial charge in [0.2, 0.25) is 12.2 Å². The molecule has 3 aromatic rings. The lowest BCUT2D eigenvalue weighted by Gasteiger charge is -2.09. The molecule has 7 nitrogen and oxygen atoms in total. The number of pyridine rings is 1. The van der Waals surface area contributed by atoms with Gasteiger partial charge in [-0.3, -0.25) is 9.59 Å². The molecule has 0 unspecified atom stereocenters. The lowest BCUT2D eigenvalue weighted by atomic mass is 10.1. The molecule has 0 saturated heterocycles. The number of rotatable bonds is 5. The second-order valence-electron chi connectivity index (χ2n) is 6.01. The monoisotopic (exact) mass is 366 g/mol. The van der Waals surface area contributed by atoms with Crippen LogP contribution in [0, 0.1) is 0 Å². The second-order valence-corrected chi connectivity index (χ2v) is 6.01. The number of aromatic amines is 1. The molecular weight excluding hydrogens is 348 g/mol. The molecule has 27 heavy (non-hydrogen) atoms. The molecule has 0 atom stereocenters. The Morgan fingerprint density at radius 1 is 1.22 bits per heavy atom. The van der Waals surface area contributed by atoms with E-state index in [4.69, 9.17) is 14.2 Å². The molecule has 1 aromatic heterocycles. The lowest BCUT2D eigenvalue weighted by Crippen LogP contribution is -2.28. The van der Waals surface area contributed by atoms with E-state index in [0.717, 1.165) is 5.56 Å². The first-order valence-corrected chi connectivity index (χ1v) is 8.61. The van der Waals surface area contributed by atoms with Gasteiger partial charge in [0, 0.05) is 12.7 Å². The summed E-state index contributed by atoms with van der Waals surface area (Å²) in [6.45, 7) is 2.82. The third kappa shape index (κ3) is 3.19. The minimum absolute atomic E-state index is 0.0527. The van der Waals surface area contributed by atoms with Crippen LogP contribution >= 0.6 is 0 Å². The van der Waals surface area contributed by atoms with Crippen molar-refractivity contribution >= 4 is 16.8 Å². The van der Waals surface area contributed by atoms with Crippen LogP contribution < -0.4 is 25.0 Å². The van der Waals surface area contributed by atoms with Crippen molar-refractivity contribution < 1.29 is 19.0 Å². The maximum Gasteiger partial charge on any atom is 0.257 e. The van der Waals surface area contributed by atoms with Crippen LogP contribution in [0.5, 0.6) is 17.2 Å². The fourth-order valence-electron chi connectivity index (χ4n) is 3.00. The number of fused-ring (bicyclic) bond motifs is 2. The Labute approximate surface area is 154 Å². The molecular formula is C20H18N2O5. The van der Waals surface area contributed by atoms with Crippen LogP contribution in [0.3, 0.4) is 0 Å². The van der Waals surface area contributed by atoms with Crippen molar-refractivity contribution in [3.8, 4) is 17.2 Å². The number of nitrogens with one attached hydrogen (secondary N) is 2. The van der Waals surface area contributed by atoms with Gasteiger partial charge in [-0.1, -0.05) is 12.1 Å². The topological polar surface area (TPSA) is 89.7 Å². The number of hydrogen-bond acceptors (Lipinski definition) is 5. The van der Waals surface area contributed by atoms with Gasteiger partial charge in [0.05, 0.1) is 17.5 Å². The van der Waals surface area contributed by atoms with Crippen LogP contribution in [-0.4, -0.2) is 24.3 Å². The summed E-state index contributed by atoms with van der Waals surface area (Å²) in [5.74, 6) is 1.46. The summed E-state index contributed by atoms with van der Waals surface area (Å²) in [5.41, 5.74) is 1.14. The summed E-state index contributed by atoms with van der Waals surface area (Å²) >= 11 is 0. The van der Waals surface area contributed by atoms with Crippen LogP contribution in [0.25, 0.3) is 10.9 Å². The Bertz CT molecular complexity index is 1070. The summed E-state index contributed by atoms with van der Waals surface area (Å²) < 4.78 is 16.1. The Morgan fingerprint density at radius 3 is 2.93 bits per heavy atom. The van der Waals surface area contributed by atoms with E-state index in [1.165, 1.54) is 6.20 Å². The molecule has 0 bridgehead atoms. The van der Waals surface area contributed by atoms with Crippen LogP contribution in [0.1, 0.15) is 22.8 Å². The zero-order valence-electron chi connectivity index (χ0n) is 14.7. The smallest absolute Gasteiger partial charge is 0.257 e. The van der Waals surface area contributed by atoms with Crippen LogP contribution in [0.15, 0.2) is 47.4 Å². The number of ether oxygens (including phenoxy) is 3. The number of hydrogen-bond donors (Lipinski definition) is 2. The fourth-order valence-corrected chi connectivity index (χ4v) is 3.00. The minimum Gasteiger partial charge on any atom is -0.492 e. The van der Waals surface area contributed by atoms with E-state index < -0.39 is 5.91 Å². The van der Waals surface area contributed by atoms with Gasteiger partial charge in [-0.15, -0.1) is 0 Å². The average molecular weight is 366 g/mol. The highest BCUT2D eigenvalue weighted by molar-refractivity contribution is 5.97. The molecule has 2 N–H and O–H groups in total. The Kier molecular flexibility index (Phi) is 4.42. The van der Waals surface area contributed by atoms with Crippen molar-refractivity contribution in [2.75, 3.05) is 13.4 Å². The maximum absolute atomic E-state index is 12.7. The molecule has 1 aliphatic rings. The molecule has 7 heteroatoms. The number of benzene rings is 2. The van der Waals surface area contributed by atoms with Crippen LogP contribution in [0.4, 0.5) is 0 Å². The third-order valence-corrected chi connectivity index (χ3v) is 4.31. The minimum atomic E-state index is -0.447. The number of amides is 1. The van der Waals surface area contributed by atoms with E-state index in [0.29, 0.717) is 34.8 Å². The Morgan fingerprint density at radius 2 is 2.07 bits per heavy atom. The summed E-state index contributed by atoms with van der Waals surface area (Å²) in [5, 5.41) is 3.18. The van der Waals surface area contributed by atoms with Gasteiger partial charge in [-0.05, 0) is 36.8 Å². The van der Waals surface area contributed by atoms with E-state index in [9.17, 15) is 9.59 Å². The number of H-pyrrole nitrogens is 1. The molecule has 1 aliphatic heterocycles. The molecule has 138 valence electrons. The first-order chi connectivity index (χ1) is 13.2. The SMILES string of the molecule is CCOc1cccc2c(=O)c(C(=O)NCc3ccc4c(c3)OCO4)c[nH]c12. The van der Waals surface area contributed by atoms with Crippen molar-refractivity contribution in [3.63, 3.8) is 0 Å². The van der Waals surface area contributed by atoms with Gasteiger partial charge < -0.3 is 24.5 Å². The zero-order chi connectivity index (χ0) is 18.8. The van der Waals surface area contributed by atoms with E-state index >= 15 is 0 Å². The first-order valence-electron chi connectivity index (χ1n) is 8.61. The number of carbonyl (C=O) groups is 1. The highest BCUT2D eigenvalue weighted by Gasteiger charge is 2.16. The molecule has 0 radical (unpaired) electrons. The third-order valence-electron chi connectivity index (χ3n) is 4.31. The zero-order valence-corrected chi connectivity index (χ0v) is 14.7. The highest BCUT2D eigenvalue weighted by atomic mass is 16.7. The molecule has 0 spiro atoms. The molecule has 2 heterocycles. The summed E-state index contributed by atoms with van der Waals surface area (Å²) in [4.78, 5) is 28.2. The van der Waals surface area contributed by atoms with Gasteiger partial charge in [0.1, 0.15) is 11.3 Å². The first kappa shape index (κ1) is 17.0. The molecule has 0 aliphatic carbocycles. The Hall–Kier alpha value is -3.48.